The van der Waals surface area contributed by atoms with Crippen molar-refractivity contribution in [2.24, 2.45) is 0 Å². The minimum Gasteiger partial charge on any atom is -0.494 e. The normalized spacial score (nSPS) is 14.8. The van der Waals surface area contributed by atoms with Crippen LogP contribution in [0.2, 0.25) is 0 Å². The van der Waals surface area contributed by atoms with E-state index in [2.05, 4.69) is 24.4 Å². The number of fused-ring (bicyclic) bond motifs is 3. The quantitative estimate of drug-likeness (QED) is 0.904. The van der Waals surface area contributed by atoms with Gasteiger partial charge in [0.05, 0.1) is 11.5 Å². The Balaban J connectivity index is 2.28. The van der Waals surface area contributed by atoms with Gasteiger partial charge in [-0.15, -0.1) is 0 Å². The van der Waals surface area contributed by atoms with Crippen LogP contribution in [0.4, 0.5) is 0 Å². The summed E-state index contributed by atoms with van der Waals surface area (Å²) in [5.41, 5.74) is 2.40. The molecule has 20 heavy (non-hydrogen) atoms. The third-order valence-electron chi connectivity index (χ3n) is 3.85. The van der Waals surface area contributed by atoms with E-state index in [0.29, 0.717) is 5.88 Å². The lowest BCUT2D eigenvalue weighted by Gasteiger charge is -2.17. The molecule has 0 bridgehead atoms. The van der Waals surface area contributed by atoms with Crippen molar-refractivity contribution in [3.05, 3.63) is 23.4 Å². The summed E-state index contributed by atoms with van der Waals surface area (Å²) in [6, 6.07) is 4.24. The second-order valence-electron chi connectivity index (χ2n) is 5.64. The van der Waals surface area contributed by atoms with Gasteiger partial charge in [-0.05, 0) is 38.0 Å². The molecule has 0 aliphatic carbocycles. The molecule has 108 valence electrons. The van der Waals surface area contributed by atoms with E-state index in [-0.39, 0.29) is 6.10 Å². The van der Waals surface area contributed by atoms with Crippen LogP contribution in [0.5, 0.6) is 11.6 Å². The Morgan fingerprint density at radius 1 is 1.40 bits per heavy atom. The first kappa shape index (κ1) is 13.3. The molecule has 1 aliphatic heterocycles. The molecule has 1 aromatic heterocycles. The van der Waals surface area contributed by atoms with E-state index in [1.165, 1.54) is 5.56 Å². The lowest BCUT2D eigenvalue weighted by molar-refractivity contribution is 0.244. The van der Waals surface area contributed by atoms with Crippen molar-refractivity contribution in [3.63, 3.8) is 0 Å². The van der Waals surface area contributed by atoms with Gasteiger partial charge in [-0.1, -0.05) is 6.92 Å². The molecule has 0 atom stereocenters. The molecule has 2 aromatic rings. The number of aryl methyl sites for hydroxylation is 1. The molecule has 0 fully saturated rings. The zero-order valence-electron chi connectivity index (χ0n) is 12.4. The molecule has 0 unspecified atom stereocenters. The van der Waals surface area contributed by atoms with Gasteiger partial charge in [0.2, 0.25) is 5.88 Å². The number of nitrogens with zero attached hydrogens (tertiary/aromatic N) is 1. The summed E-state index contributed by atoms with van der Waals surface area (Å²) in [5, 5.41) is 15.9. The van der Waals surface area contributed by atoms with E-state index in [1.54, 1.807) is 0 Å². The highest BCUT2D eigenvalue weighted by atomic mass is 16.5. The van der Waals surface area contributed by atoms with Crippen molar-refractivity contribution in [2.45, 2.75) is 46.4 Å². The van der Waals surface area contributed by atoms with Crippen LogP contribution >= 0.6 is 0 Å². The van der Waals surface area contributed by atoms with Gasteiger partial charge in [0.1, 0.15) is 5.75 Å². The Morgan fingerprint density at radius 2 is 2.20 bits per heavy atom. The van der Waals surface area contributed by atoms with Gasteiger partial charge in [-0.25, -0.2) is 0 Å². The van der Waals surface area contributed by atoms with Crippen LogP contribution in [-0.4, -0.2) is 22.3 Å². The van der Waals surface area contributed by atoms with Crippen molar-refractivity contribution in [1.82, 2.24) is 9.88 Å². The van der Waals surface area contributed by atoms with Gasteiger partial charge in [-0.2, -0.15) is 0 Å². The summed E-state index contributed by atoms with van der Waals surface area (Å²) >= 11 is 0. The van der Waals surface area contributed by atoms with Gasteiger partial charge >= 0.3 is 0 Å². The largest absolute Gasteiger partial charge is 0.494 e. The number of nitrogens with one attached hydrogen (secondary N) is 1. The average Bonchev–Trinajstić information content (AvgIpc) is 2.72. The van der Waals surface area contributed by atoms with E-state index in [4.69, 9.17) is 4.74 Å². The smallest absolute Gasteiger partial charge is 0.203 e. The SMILES string of the molecule is CCc1cc(OC(C)C)c2c(O)n3c(c2c1)CNCC3. The van der Waals surface area contributed by atoms with Gasteiger partial charge in [0.15, 0.2) is 0 Å². The molecule has 2 heterocycles. The molecule has 4 nitrogen and oxygen atoms in total. The number of rotatable bonds is 3. The lowest BCUT2D eigenvalue weighted by Crippen LogP contribution is -2.27. The Bertz CT molecular complexity index is 644. The first-order chi connectivity index (χ1) is 9.61. The highest BCUT2D eigenvalue weighted by molar-refractivity contribution is 5.96. The maximum Gasteiger partial charge on any atom is 0.203 e. The molecule has 1 aromatic carbocycles. The summed E-state index contributed by atoms with van der Waals surface area (Å²) in [5.74, 6) is 1.14. The Morgan fingerprint density at radius 3 is 2.90 bits per heavy atom. The molecule has 1 aliphatic rings. The number of hydrogen-bond donors (Lipinski definition) is 2. The molecule has 4 heteroatoms. The summed E-state index contributed by atoms with van der Waals surface area (Å²) < 4.78 is 7.94. The van der Waals surface area contributed by atoms with E-state index in [9.17, 15) is 5.11 Å². The fourth-order valence-corrected chi connectivity index (χ4v) is 2.92. The topological polar surface area (TPSA) is 46.4 Å². The number of ether oxygens (including phenoxy) is 1. The van der Waals surface area contributed by atoms with Crippen molar-refractivity contribution in [1.29, 1.82) is 0 Å². The Hall–Kier alpha value is -1.68. The van der Waals surface area contributed by atoms with Crippen molar-refractivity contribution < 1.29 is 9.84 Å². The molecule has 0 saturated carbocycles. The van der Waals surface area contributed by atoms with E-state index >= 15 is 0 Å². The van der Waals surface area contributed by atoms with Crippen LogP contribution < -0.4 is 10.1 Å². The van der Waals surface area contributed by atoms with Crippen molar-refractivity contribution in [2.75, 3.05) is 6.54 Å². The maximum absolute atomic E-state index is 10.5. The van der Waals surface area contributed by atoms with Gasteiger partial charge < -0.3 is 19.7 Å². The van der Waals surface area contributed by atoms with Gasteiger partial charge in [0, 0.05) is 30.7 Å². The van der Waals surface area contributed by atoms with Crippen molar-refractivity contribution in [3.8, 4) is 11.6 Å². The average molecular weight is 274 g/mol. The van der Waals surface area contributed by atoms with Crippen LogP contribution in [0.3, 0.4) is 0 Å². The molecule has 0 saturated heterocycles. The second kappa shape index (κ2) is 5.02. The van der Waals surface area contributed by atoms with Gasteiger partial charge in [0.25, 0.3) is 0 Å². The summed E-state index contributed by atoms with van der Waals surface area (Å²) in [6.45, 7) is 8.66. The first-order valence-corrected chi connectivity index (χ1v) is 7.36. The summed E-state index contributed by atoms with van der Waals surface area (Å²) in [7, 11) is 0. The Kier molecular flexibility index (Phi) is 3.34. The van der Waals surface area contributed by atoms with E-state index in [0.717, 1.165) is 48.3 Å². The van der Waals surface area contributed by atoms with E-state index in [1.807, 2.05) is 18.4 Å². The minimum atomic E-state index is 0.0970. The molecule has 0 amide bonds. The van der Waals surface area contributed by atoms with Crippen LogP contribution in [0.1, 0.15) is 32.0 Å². The molecular formula is C16H22N2O2. The molecule has 2 N–H and O–H groups in total. The number of benzene rings is 1. The minimum absolute atomic E-state index is 0.0970. The zero-order valence-corrected chi connectivity index (χ0v) is 12.4. The third-order valence-corrected chi connectivity index (χ3v) is 3.85. The Labute approximate surface area is 119 Å². The highest BCUT2D eigenvalue weighted by Gasteiger charge is 2.22. The van der Waals surface area contributed by atoms with E-state index < -0.39 is 0 Å². The number of hydrogen-bond acceptors (Lipinski definition) is 3. The first-order valence-electron chi connectivity index (χ1n) is 7.36. The summed E-state index contributed by atoms with van der Waals surface area (Å²) in [6.07, 6.45) is 1.06. The molecular weight excluding hydrogens is 252 g/mol. The fraction of sp³-hybridized carbons (Fsp3) is 0.500. The zero-order chi connectivity index (χ0) is 14.3. The molecule has 0 spiro atoms. The van der Waals surface area contributed by atoms with Crippen LogP contribution in [0.25, 0.3) is 10.8 Å². The second-order valence-corrected chi connectivity index (χ2v) is 5.64. The summed E-state index contributed by atoms with van der Waals surface area (Å²) in [4.78, 5) is 0. The number of aromatic nitrogens is 1. The predicted octanol–water partition coefficient (Wildman–Crippen LogP) is 2.80. The lowest BCUT2D eigenvalue weighted by atomic mass is 10.1. The third kappa shape index (κ3) is 2.04. The molecule has 0 radical (unpaired) electrons. The highest BCUT2D eigenvalue weighted by Crippen LogP contribution is 2.40. The number of aromatic hydroxyl groups is 1. The maximum atomic E-state index is 10.5. The van der Waals surface area contributed by atoms with Gasteiger partial charge in [-0.3, -0.25) is 0 Å². The van der Waals surface area contributed by atoms with Crippen LogP contribution in [-0.2, 0) is 19.5 Å². The van der Waals surface area contributed by atoms with Crippen LogP contribution in [0, 0.1) is 0 Å². The standard InChI is InChI=1S/C16H22N2O2/c1-4-11-7-12-13-9-17-5-6-18(13)16(19)15(12)14(8-11)20-10(2)3/h7-8,10,17,19H,4-6,9H2,1-3H3. The predicted molar refractivity (Wildman–Crippen MR) is 80.5 cm³/mol. The van der Waals surface area contributed by atoms with Crippen LogP contribution in [0.15, 0.2) is 12.1 Å². The molecule has 3 rings (SSSR count). The van der Waals surface area contributed by atoms with Crippen molar-refractivity contribution >= 4 is 10.8 Å². The fourth-order valence-electron chi connectivity index (χ4n) is 2.92. The monoisotopic (exact) mass is 274 g/mol.